The number of aryl methyl sites for hydroxylation is 1. The highest BCUT2D eigenvalue weighted by Gasteiger charge is 2.27. The summed E-state index contributed by atoms with van der Waals surface area (Å²) in [5.74, 6) is 0.163. The van der Waals surface area contributed by atoms with Gasteiger partial charge in [-0.15, -0.1) is 0 Å². The summed E-state index contributed by atoms with van der Waals surface area (Å²) < 4.78 is 6.77. The molecule has 0 saturated heterocycles. The van der Waals surface area contributed by atoms with Gasteiger partial charge in [0.15, 0.2) is 5.82 Å². The Morgan fingerprint density at radius 3 is 2.63 bits per heavy atom. The average molecular weight is 409 g/mol. The minimum atomic E-state index is -0.831. The zero-order valence-corrected chi connectivity index (χ0v) is 16.3. The van der Waals surface area contributed by atoms with Crippen LogP contribution in [0.1, 0.15) is 34.9 Å². The van der Waals surface area contributed by atoms with Gasteiger partial charge in [0.2, 0.25) is 0 Å². The molecule has 1 fully saturated rings. The number of hydrogen-bond donors (Lipinski definition) is 3. The van der Waals surface area contributed by atoms with E-state index in [4.69, 9.17) is 4.74 Å². The molecule has 154 valence electrons. The summed E-state index contributed by atoms with van der Waals surface area (Å²) in [6.45, 7) is 0. The fraction of sp³-hybridized carbons (Fsp3) is 0.278. The molecule has 2 amide bonds. The zero-order chi connectivity index (χ0) is 21.1. The molecule has 4 rings (SSSR count). The average Bonchev–Trinajstić information content (AvgIpc) is 3.53. The zero-order valence-electron chi connectivity index (χ0n) is 16.3. The SMILES string of the molecule is CNC(=O)c1c(NC(=O)Oc2nc(C3CC3)cnc2Nc2cncnc2)cnn1C. The molecule has 12 nitrogen and oxygen atoms in total. The van der Waals surface area contributed by atoms with Crippen molar-refractivity contribution in [3.8, 4) is 5.88 Å². The molecule has 1 aliphatic carbocycles. The molecular formula is C18H19N9O3. The Bertz CT molecular complexity index is 1080. The van der Waals surface area contributed by atoms with Crippen molar-refractivity contribution in [3.63, 3.8) is 0 Å². The molecule has 0 aromatic carbocycles. The number of nitrogens with one attached hydrogen (secondary N) is 3. The number of hydrogen-bond acceptors (Lipinski definition) is 9. The Morgan fingerprint density at radius 1 is 1.17 bits per heavy atom. The monoisotopic (exact) mass is 409 g/mol. The molecule has 3 heterocycles. The maximum Gasteiger partial charge on any atom is 0.418 e. The number of carbonyl (C=O) groups excluding carboxylic acids is 2. The van der Waals surface area contributed by atoms with Crippen LogP contribution in [0.4, 0.5) is 22.0 Å². The first-order valence-electron chi connectivity index (χ1n) is 9.17. The normalized spacial score (nSPS) is 12.9. The lowest BCUT2D eigenvalue weighted by Gasteiger charge is -2.12. The van der Waals surface area contributed by atoms with Crippen molar-refractivity contribution in [2.75, 3.05) is 17.7 Å². The number of aromatic nitrogens is 6. The van der Waals surface area contributed by atoms with Gasteiger partial charge in [0, 0.05) is 20.0 Å². The van der Waals surface area contributed by atoms with Crippen molar-refractivity contribution in [2.45, 2.75) is 18.8 Å². The third-order valence-corrected chi connectivity index (χ3v) is 4.39. The molecule has 1 saturated carbocycles. The third kappa shape index (κ3) is 4.16. The highest BCUT2D eigenvalue weighted by Crippen LogP contribution is 2.40. The van der Waals surface area contributed by atoms with Crippen LogP contribution in [0.3, 0.4) is 0 Å². The number of nitrogens with zero attached hydrogens (tertiary/aromatic N) is 6. The number of rotatable bonds is 6. The van der Waals surface area contributed by atoms with Crippen molar-refractivity contribution in [3.05, 3.63) is 42.5 Å². The van der Waals surface area contributed by atoms with Gasteiger partial charge in [0.1, 0.15) is 12.0 Å². The fourth-order valence-electron chi connectivity index (χ4n) is 2.76. The lowest BCUT2D eigenvalue weighted by Crippen LogP contribution is -2.25. The van der Waals surface area contributed by atoms with Crippen LogP contribution >= 0.6 is 0 Å². The standard InChI is InChI=1S/C18H19N9O3/c1-19-16(28)14-13(8-23-27(14)2)26-18(29)30-17-15(24-11-5-20-9-21-6-11)22-7-12(25-17)10-3-4-10/h5-10H,3-4H2,1-2H3,(H,19,28)(H,22,24)(H,26,29). The van der Waals surface area contributed by atoms with Crippen LogP contribution in [-0.2, 0) is 7.05 Å². The highest BCUT2D eigenvalue weighted by molar-refractivity contribution is 6.01. The summed E-state index contributed by atoms with van der Waals surface area (Å²) in [5, 5.41) is 12.0. The second-order valence-corrected chi connectivity index (χ2v) is 6.60. The van der Waals surface area contributed by atoms with Gasteiger partial charge in [-0.25, -0.2) is 24.7 Å². The molecule has 0 unspecified atom stereocenters. The quantitative estimate of drug-likeness (QED) is 0.551. The van der Waals surface area contributed by atoms with Gasteiger partial charge in [-0.3, -0.25) is 14.8 Å². The molecule has 30 heavy (non-hydrogen) atoms. The van der Waals surface area contributed by atoms with Gasteiger partial charge < -0.3 is 15.4 Å². The van der Waals surface area contributed by atoms with Crippen LogP contribution in [0.25, 0.3) is 0 Å². The van der Waals surface area contributed by atoms with Gasteiger partial charge in [-0.05, 0) is 12.8 Å². The Morgan fingerprint density at radius 2 is 1.93 bits per heavy atom. The molecule has 0 spiro atoms. The summed E-state index contributed by atoms with van der Waals surface area (Å²) in [6, 6.07) is 0. The van der Waals surface area contributed by atoms with Gasteiger partial charge in [-0.2, -0.15) is 5.10 Å². The number of carbonyl (C=O) groups is 2. The topological polar surface area (TPSA) is 149 Å². The second-order valence-electron chi connectivity index (χ2n) is 6.60. The van der Waals surface area contributed by atoms with Crippen LogP contribution in [0.15, 0.2) is 31.1 Å². The molecule has 0 atom stereocenters. The van der Waals surface area contributed by atoms with Crippen molar-refractivity contribution in [1.82, 2.24) is 35.0 Å². The molecule has 0 radical (unpaired) electrons. The second kappa shape index (κ2) is 8.11. The van der Waals surface area contributed by atoms with Crippen LogP contribution in [0.2, 0.25) is 0 Å². The Balaban J connectivity index is 1.56. The highest BCUT2D eigenvalue weighted by atomic mass is 16.6. The van der Waals surface area contributed by atoms with E-state index in [1.807, 2.05) is 0 Å². The lowest BCUT2D eigenvalue weighted by atomic mass is 10.3. The predicted molar refractivity (Wildman–Crippen MR) is 106 cm³/mol. The summed E-state index contributed by atoms with van der Waals surface area (Å²) in [5.41, 5.74) is 1.71. The van der Waals surface area contributed by atoms with Crippen LogP contribution in [-0.4, -0.2) is 48.8 Å². The summed E-state index contributed by atoms with van der Waals surface area (Å²) in [7, 11) is 3.08. The maximum absolute atomic E-state index is 12.5. The largest absolute Gasteiger partial charge is 0.418 e. The van der Waals surface area contributed by atoms with E-state index in [1.54, 1.807) is 25.6 Å². The van der Waals surface area contributed by atoms with Crippen LogP contribution in [0.5, 0.6) is 5.88 Å². The van der Waals surface area contributed by atoms with E-state index in [0.717, 1.165) is 18.5 Å². The first-order chi connectivity index (χ1) is 14.5. The van der Waals surface area contributed by atoms with Crippen molar-refractivity contribution in [2.24, 2.45) is 7.05 Å². The lowest BCUT2D eigenvalue weighted by molar-refractivity contribution is 0.0954. The van der Waals surface area contributed by atoms with Gasteiger partial charge in [-0.1, -0.05) is 0 Å². The summed E-state index contributed by atoms with van der Waals surface area (Å²) in [4.78, 5) is 41.2. The predicted octanol–water partition coefficient (Wildman–Crippen LogP) is 1.59. The summed E-state index contributed by atoms with van der Waals surface area (Å²) >= 11 is 0. The molecule has 1 aliphatic rings. The third-order valence-electron chi connectivity index (χ3n) is 4.39. The van der Waals surface area contributed by atoms with E-state index in [1.165, 1.54) is 24.3 Å². The number of amides is 2. The van der Waals surface area contributed by atoms with E-state index in [0.29, 0.717) is 11.6 Å². The van der Waals surface area contributed by atoms with Crippen LogP contribution < -0.4 is 20.7 Å². The van der Waals surface area contributed by atoms with E-state index >= 15 is 0 Å². The molecule has 3 aromatic rings. The fourth-order valence-corrected chi connectivity index (χ4v) is 2.76. The molecule has 0 aliphatic heterocycles. The van der Waals surface area contributed by atoms with Crippen molar-refractivity contribution in [1.29, 1.82) is 0 Å². The Kier molecular flexibility index (Phi) is 5.20. The summed E-state index contributed by atoms with van der Waals surface area (Å²) in [6.07, 6.45) is 8.73. The molecule has 0 bridgehead atoms. The smallest absolute Gasteiger partial charge is 0.387 e. The van der Waals surface area contributed by atoms with Gasteiger partial charge in [0.25, 0.3) is 11.8 Å². The van der Waals surface area contributed by atoms with E-state index < -0.39 is 12.0 Å². The van der Waals surface area contributed by atoms with Crippen molar-refractivity contribution >= 4 is 29.2 Å². The molecule has 3 N–H and O–H groups in total. The Hall–Kier alpha value is -4.09. The van der Waals surface area contributed by atoms with Gasteiger partial charge in [0.05, 0.1) is 41.9 Å². The van der Waals surface area contributed by atoms with Crippen molar-refractivity contribution < 1.29 is 14.3 Å². The van der Waals surface area contributed by atoms with E-state index in [9.17, 15) is 9.59 Å². The van der Waals surface area contributed by atoms with E-state index in [-0.39, 0.29) is 23.1 Å². The first kappa shape index (κ1) is 19.2. The first-order valence-corrected chi connectivity index (χ1v) is 9.17. The van der Waals surface area contributed by atoms with Crippen LogP contribution in [0, 0.1) is 0 Å². The maximum atomic E-state index is 12.5. The minimum absolute atomic E-state index is 0.00568. The minimum Gasteiger partial charge on any atom is -0.387 e. The molecular weight excluding hydrogens is 390 g/mol. The Labute approximate surface area is 171 Å². The molecule has 3 aromatic heterocycles. The number of anilines is 3. The van der Waals surface area contributed by atoms with E-state index in [2.05, 4.69) is 41.0 Å². The van der Waals surface area contributed by atoms with Gasteiger partial charge >= 0.3 is 6.09 Å². The molecule has 12 heteroatoms. The number of ether oxygens (including phenoxy) is 1.